The molecule has 0 spiro atoms. The zero-order chi connectivity index (χ0) is 21.0. The molecule has 1 aliphatic carbocycles. The molecule has 0 unspecified atom stereocenters. The second-order valence-electron chi connectivity index (χ2n) is 7.35. The fourth-order valence-electron chi connectivity index (χ4n) is 3.59. The second-order valence-corrected chi connectivity index (χ2v) is 7.35. The van der Waals surface area contributed by atoms with Gasteiger partial charge in [-0.15, -0.1) is 0 Å². The molecule has 3 rings (SSSR count). The molecule has 5 nitrogen and oxygen atoms in total. The monoisotopic (exact) mass is 401 g/mol. The van der Waals surface area contributed by atoms with E-state index < -0.39 is 23.6 Å². The number of halogens is 2. The van der Waals surface area contributed by atoms with E-state index in [9.17, 15) is 18.7 Å². The first-order valence-electron chi connectivity index (χ1n) is 9.65. The van der Waals surface area contributed by atoms with Crippen LogP contribution in [0.5, 0.6) is 0 Å². The van der Waals surface area contributed by atoms with Crippen molar-refractivity contribution in [1.82, 2.24) is 10.3 Å². The largest absolute Gasteiger partial charge is 0.391 e. The van der Waals surface area contributed by atoms with E-state index in [0.29, 0.717) is 24.2 Å². The van der Waals surface area contributed by atoms with Gasteiger partial charge in [0.15, 0.2) is 11.6 Å². The van der Waals surface area contributed by atoms with Gasteiger partial charge in [-0.1, -0.05) is 31.6 Å². The maximum Gasteiger partial charge on any atom is 0.253 e. The quantitative estimate of drug-likeness (QED) is 0.728. The van der Waals surface area contributed by atoms with E-state index in [-0.39, 0.29) is 23.7 Å². The molecule has 0 radical (unpaired) electrons. The highest BCUT2D eigenvalue weighted by Crippen LogP contribution is 2.26. The lowest BCUT2D eigenvalue weighted by Crippen LogP contribution is -2.45. The summed E-state index contributed by atoms with van der Waals surface area (Å²) in [6.45, 7) is 3.98. The number of aromatic nitrogens is 1. The molecule has 0 saturated heterocycles. The summed E-state index contributed by atoms with van der Waals surface area (Å²) in [5.74, 6) is -2.20. The van der Waals surface area contributed by atoms with Gasteiger partial charge in [-0.05, 0) is 31.0 Å². The van der Waals surface area contributed by atoms with E-state index in [0.717, 1.165) is 18.9 Å². The van der Waals surface area contributed by atoms with Gasteiger partial charge in [-0.2, -0.15) is 0 Å². The average Bonchev–Trinajstić information content (AvgIpc) is 2.72. The van der Waals surface area contributed by atoms with Gasteiger partial charge in [-0.3, -0.25) is 9.78 Å². The number of carbonyl (C=O) groups excluding carboxylic acids is 1. The van der Waals surface area contributed by atoms with Crippen LogP contribution >= 0.6 is 0 Å². The van der Waals surface area contributed by atoms with Gasteiger partial charge in [0.25, 0.3) is 5.91 Å². The molecule has 1 aliphatic rings. The van der Waals surface area contributed by atoms with Crippen molar-refractivity contribution >= 4 is 17.2 Å². The first kappa shape index (κ1) is 20.9. The molecule has 29 heavy (non-hydrogen) atoms. The number of hydrogen-bond acceptors (Lipinski definition) is 4. The number of nitrogens with one attached hydrogen (secondary N) is 1. The summed E-state index contributed by atoms with van der Waals surface area (Å²) in [6, 6.07) is 7.17. The van der Waals surface area contributed by atoms with Crippen LogP contribution < -0.4 is 10.2 Å². The van der Waals surface area contributed by atoms with Crippen molar-refractivity contribution in [2.75, 3.05) is 11.9 Å². The number of aliphatic hydroxyl groups excluding tert-OH is 1. The average molecular weight is 401 g/mol. The van der Waals surface area contributed by atoms with Gasteiger partial charge >= 0.3 is 0 Å². The van der Waals surface area contributed by atoms with Crippen molar-refractivity contribution in [3.8, 4) is 0 Å². The number of carbonyl (C=O) groups is 1. The van der Waals surface area contributed by atoms with Crippen LogP contribution in [-0.4, -0.2) is 35.2 Å². The zero-order valence-corrected chi connectivity index (χ0v) is 16.4. The summed E-state index contributed by atoms with van der Waals surface area (Å²) >= 11 is 0. The smallest absolute Gasteiger partial charge is 0.253 e. The van der Waals surface area contributed by atoms with Crippen molar-refractivity contribution < 1.29 is 18.7 Å². The van der Waals surface area contributed by atoms with Gasteiger partial charge in [0.2, 0.25) is 0 Å². The Labute approximate surface area is 169 Å². The first-order valence-corrected chi connectivity index (χ1v) is 9.65. The number of amides is 1. The van der Waals surface area contributed by atoms with E-state index in [1.807, 2.05) is 0 Å². The molecule has 154 valence electrons. The molecule has 0 aliphatic heterocycles. The zero-order valence-electron chi connectivity index (χ0n) is 16.4. The molecule has 2 N–H and O–H groups in total. The summed E-state index contributed by atoms with van der Waals surface area (Å²) in [4.78, 5) is 18.7. The number of nitrogens with zero attached hydrogens (tertiary/aromatic N) is 2. The van der Waals surface area contributed by atoms with Crippen molar-refractivity contribution in [3.05, 3.63) is 66.0 Å². The molecule has 1 heterocycles. The molecule has 2 atom stereocenters. The van der Waals surface area contributed by atoms with Gasteiger partial charge in [0, 0.05) is 25.4 Å². The lowest BCUT2D eigenvalue weighted by atomic mass is 9.92. The highest BCUT2D eigenvalue weighted by molar-refractivity contribution is 6.19. The van der Waals surface area contributed by atoms with Crippen LogP contribution in [0.15, 0.2) is 43.1 Å². The summed E-state index contributed by atoms with van der Waals surface area (Å²) < 4.78 is 27.5. The van der Waals surface area contributed by atoms with E-state index >= 15 is 0 Å². The summed E-state index contributed by atoms with van der Waals surface area (Å²) in [7, 11) is 1.71. The molecule has 2 aromatic rings. The standard InChI is InChI=1S/C22H25F2N3O2/c1-14(22(29)26-17-9-3-4-11-19(17)28)21-18(10-6-12-25-21)27(2)13-15-7-5-8-16(23)20(15)24/h5-8,10,12,17,19,28H,1,3-4,9,11,13H2,2H3,(H,26,29)/t17-,19-/m0/s1. The number of benzene rings is 1. The SMILES string of the molecule is C=C(C(=O)N[C@H]1CCCC[C@@H]1O)c1ncccc1N(C)Cc1cccc(F)c1F. The minimum Gasteiger partial charge on any atom is -0.391 e. The summed E-state index contributed by atoms with van der Waals surface area (Å²) in [5.41, 5.74) is 1.28. The lowest BCUT2D eigenvalue weighted by Gasteiger charge is -2.29. The van der Waals surface area contributed by atoms with Crippen LogP contribution in [0.2, 0.25) is 0 Å². The fraction of sp³-hybridized carbons (Fsp3) is 0.364. The molecule has 1 fully saturated rings. The third-order valence-electron chi connectivity index (χ3n) is 5.24. The van der Waals surface area contributed by atoms with Crippen LogP contribution in [0.1, 0.15) is 36.9 Å². The number of anilines is 1. The van der Waals surface area contributed by atoms with Crippen LogP contribution in [0.25, 0.3) is 5.57 Å². The Hall–Kier alpha value is -2.80. The highest BCUT2D eigenvalue weighted by atomic mass is 19.2. The van der Waals surface area contributed by atoms with Crippen molar-refractivity contribution in [2.45, 2.75) is 44.4 Å². The highest BCUT2D eigenvalue weighted by Gasteiger charge is 2.26. The van der Waals surface area contributed by atoms with Crippen LogP contribution in [-0.2, 0) is 11.3 Å². The van der Waals surface area contributed by atoms with Crippen molar-refractivity contribution in [2.24, 2.45) is 0 Å². The molecule has 1 aromatic carbocycles. The molecule has 0 bridgehead atoms. The Morgan fingerprint density at radius 3 is 2.79 bits per heavy atom. The minimum absolute atomic E-state index is 0.0958. The molecule has 1 aromatic heterocycles. The summed E-state index contributed by atoms with van der Waals surface area (Å²) in [5, 5.41) is 12.9. The maximum absolute atomic E-state index is 14.0. The number of rotatable bonds is 6. The molecular weight excluding hydrogens is 376 g/mol. The second kappa shape index (κ2) is 9.13. The van der Waals surface area contributed by atoms with Crippen LogP contribution in [0.4, 0.5) is 14.5 Å². The third kappa shape index (κ3) is 4.79. The Kier molecular flexibility index (Phi) is 6.59. The van der Waals surface area contributed by atoms with Crippen LogP contribution in [0.3, 0.4) is 0 Å². The number of aliphatic hydroxyl groups is 1. The number of pyridine rings is 1. The van der Waals surface area contributed by atoms with Gasteiger partial charge in [0.1, 0.15) is 0 Å². The third-order valence-corrected chi connectivity index (χ3v) is 5.24. The van der Waals surface area contributed by atoms with Crippen molar-refractivity contribution in [1.29, 1.82) is 0 Å². The van der Waals surface area contributed by atoms with Crippen LogP contribution in [0, 0.1) is 11.6 Å². The topological polar surface area (TPSA) is 65.5 Å². The fourth-order valence-corrected chi connectivity index (χ4v) is 3.59. The normalized spacial score (nSPS) is 18.9. The predicted octanol–water partition coefficient (Wildman–Crippen LogP) is 3.43. The Balaban J connectivity index is 1.77. The summed E-state index contributed by atoms with van der Waals surface area (Å²) in [6.07, 6.45) is 4.25. The first-order chi connectivity index (χ1) is 13.9. The van der Waals surface area contributed by atoms with Crippen molar-refractivity contribution in [3.63, 3.8) is 0 Å². The van der Waals surface area contributed by atoms with Gasteiger partial charge < -0.3 is 15.3 Å². The minimum atomic E-state index is -0.905. The van der Waals surface area contributed by atoms with E-state index in [1.165, 1.54) is 12.1 Å². The molecular formula is C22H25F2N3O2. The van der Waals surface area contributed by atoms with E-state index in [4.69, 9.17) is 0 Å². The molecule has 1 saturated carbocycles. The Morgan fingerprint density at radius 2 is 2.03 bits per heavy atom. The maximum atomic E-state index is 14.0. The lowest BCUT2D eigenvalue weighted by molar-refractivity contribution is -0.117. The van der Waals surface area contributed by atoms with Gasteiger partial charge in [-0.25, -0.2) is 8.78 Å². The Morgan fingerprint density at radius 1 is 1.28 bits per heavy atom. The van der Waals surface area contributed by atoms with E-state index in [2.05, 4.69) is 16.9 Å². The molecule has 7 heteroatoms. The van der Waals surface area contributed by atoms with E-state index in [1.54, 1.807) is 30.3 Å². The number of hydrogen-bond donors (Lipinski definition) is 2. The van der Waals surface area contributed by atoms with Gasteiger partial charge in [0.05, 0.1) is 29.1 Å². The molecule has 1 amide bonds. The predicted molar refractivity (Wildman–Crippen MR) is 108 cm³/mol. The Bertz CT molecular complexity index is 903.